The molecule has 0 unspecified atom stereocenters. The monoisotopic (exact) mass is 407 g/mol. The molecule has 1 aliphatic carbocycles. The molecule has 1 aromatic carbocycles. The van der Waals surface area contributed by atoms with Gasteiger partial charge in [0, 0.05) is 51.0 Å². The third-order valence-corrected chi connectivity index (χ3v) is 6.66. The number of benzene rings is 1. The number of hydrogen-bond acceptors (Lipinski definition) is 5. The van der Waals surface area contributed by atoms with Crippen molar-refractivity contribution in [2.75, 3.05) is 39.9 Å². The summed E-state index contributed by atoms with van der Waals surface area (Å²) in [5, 5.41) is 0. The SMILES string of the molecule is COc1ccc(CN2C[C@H](c3cccnc3)[C@]3(C2)OCCN(CC2CC2)C3=O)cc1. The first-order valence-electron chi connectivity index (χ1n) is 10.9. The number of likely N-dealkylation sites (tertiary alicyclic amines) is 1. The van der Waals surface area contributed by atoms with E-state index in [1.807, 2.05) is 24.4 Å². The molecule has 2 saturated heterocycles. The van der Waals surface area contributed by atoms with Gasteiger partial charge in [-0.2, -0.15) is 0 Å². The topological polar surface area (TPSA) is 54.9 Å². The van der Waals surface area contributed by atoms with Crippen LogP contribution in [0.4, 0.5) is 0 Å². The van der Waals surface area contributed by atoms with Crippen LogP contribution in [0.1, 0.15) is 29.9 Å². The second-order valence-electron chi connectivity index (χ2n) is 8.79. The number of aromatic nitrogens is 1. The van der Waals surface area contributed by atoms with Crippen LogP contribution in [0, 0.1) is 5.92 Å². The Morgan fingerprint density at radius 3 is 2.77 bits per heavy atom. The van der Waals surface area contributed by atoms with Gasteiger partial charge in [0.2, 0.25) is 0 Å². The highest BCUT2D eigenvalue weighted by Gasteiger charge is 2.57. The van der Waals surface area contributed by atoms with Crippen molar-refractivity contribution in [3.8, 4) is 5.75 Å². The Kier molecular flexibility index (Phi) is 5.21. The zero-order chi connectivity index (χ0) is 20.6. The van der Waals surface area contributed by atoms with Crippen molar-refractivity contribution in [1.29, 1.82) is 0 Å². The maximum atomic E-state index is 13.7. The first kappa shape index (κ1) is 19.5. The average molecular weight is 408 g/mol. The molecule has 6 nitrogen and oxygen atoms in total. The summed E-state index contributed by atoms with van der Waals surface area (Å²) in [6.07, 6.45) is 6.16. The zero-order valence-corrected chi connectivity index (χ0v) is 17.5. The van der Waals surface area contributed by atoms with Crippen LogP contribution in [0.2, 0.25) is 0 Å². The molecule has 2 aromatic rings. The van der Waals surface area contributed by atoms with Gasteiger partial charge in [0.25, 0.3) is 5.91 Å². The number of morpholine rings is 1. The molecule has 2 atom stereocenters. The summed E-state index contributed by atoms with van der Waals surface area (Å²) < 4.78 is 11.6. The lowest BCUT2D eigenvalue weighted by atomic mass is 9.83. The van der Waals surface area contributed by atoms with Crippen LogP contribution < -0.4 is 4.74 Å². The van der Waals surface area contributed by atoms with Crippen LogP contribution in [0.25, 0.3) is 0 Å². The van der Waals surface area contributed by atoms with E-state index in [4.69, 9.17) is 9.47 Å². The van der Waals surface area contributed by atoms with Crippen LogP contribution >= 0.6 is 0 Å². The van der Waals surface area contributed by atoms with E-state index in [0.717, 1.165) is 30.9 Å². The van der Waals surface area contributed by atoms with Crippen molar-refractivity contribution >= 4 is 5.91 Å². The first-order chi connectivity index (χ1) is 14.7. The number of amides is 1. The smallest absolute Gasteiger partial charge is 0.256 e. The lowest BCUT2D eigenvalue weighted by Gasteiger charge is -2.42. The Balaban J connectivity index is 1.41. The van der Waals surface area contributed by atoms with Crippen LogP contribution in [-0.2, 0) is 16.1 Å². The van der Waals surface area contributed by atoms with Crippen molar-refractivity contribution in [3.05, 3.63) is 59.9 Å². The predicted octanol–water partition coefficient (Wildman–Crippen LogP) is 2.70. The van der Waals surface area contributed by atoms with E-state index in [0.29, 0.717) is 25.6 Å². The molecule has 158 valence electrons. The second-order valence-corrected chi connectivity index (χ2v) is 8.79. The summed E-state index contributed by atoms with van der Waals surface area (Å²) in [5.41, 5.74) is 1.47. The zero-order valence-electron chi connectivity index (χ0n) is 17.5. The standard InChI is InChI=1S/C24H29N3O3/c1-29-21-8-6-18(7-9-21)14-26-16-22(20-3-2-10-25-13-20)24(17-26)23(28)27(11-12-30-24)15-19-4-5-19/h2-3,6-10,13,19,22H,4-5,11-12,14-17H2,1H3/t22-,24+/m1/s1. The molecule has 2 aliphatic heterocycles. The molecule has 3 heterocycles. The number of pyridine rings is 1. The summed E-state index contributed by atoms with van der Waals surface area (Å²) in [6.45, 7) is 4.35. The Labute approximate surface area is 177 Å². The minimum absolute atomic E-state index is 0.0149. The molecular formula is C24H29N3O3. The molecule has 0 N–H and O–H groups in total. The summed E-state index contributed by atoms with van der Waals surface area (Å²) in [6, 6.07) is 12.2. The van der Waals surface area contributed by atoms with Gasteiger partial charge in [0.15, 0.2) is 5.60 Å². The van der Waals surface area contributed by atoms with E-state index in [2.05, 4.69) is 33.0 Å². The fourth-order valence-corrected chi connectivity index (χ4v) is 4.90. The molecule has 1 spiro atoms. The van der Waals surface area contributed by atoms with Gasteiger partial charge in [-0.1, -0.05) is 18.2 Å². The predicted molar refractivity (Wildman–Crippen MR) is 113 cm³/mol. The summed E-state index contributed by atoms with van der Waals surface area (Å²) in [4.78, 5) is 22.4. The highest BCUT2D eigenvalue weighted by atomic mass is 16.5. The molecule has 1 aromatic heterocycles. The molecule has 5 rings (SSSR count). The Morgan fingerprint density at radius 1 is 1.23 bits per heavy atom. The van der Waals surface area contributed by atoms with E-state index < -0.39 is 5.60 Å². The van der Waals surface area contributed by atoms with E-state index in [1.54, 1.807) is 13.3 Å². The van der Waals surface area contributed by atoms with Gasteiger partial charge >= 0.3 is 0 Å². The number of hydrogen-bond donors (Lipinski definition) is 0. The third-order valence-electron chi connectivity index (χ3n) is 6.66. The molecule has 1 saturated carbocycles. The Morgan fingerprint density at radius 2 is 2.07 bits per heavy atom. The largest absolute Gasteiger partial charge is 0.497 e. The van der Waals surface area contributed by atoms with Gasteiger partial charge in [-0.3, -0.25) is 14.7 Å². The van der Waals surface area contributed by atoms with E-state index >= 15 is 0 Å². The van der Waals surface area contributed by atoms with Gasteiger partial charge in [-0.05, 0) is 48.1 Å². The normalized spacial score (nSPS) is 27.0. The van der Waals surface area contributed by atoms with Crippen molar-refractivity contribution < 1.29 is 14.3 Å². The number of ether oxygens (including phenoxy) is 2. The third kappa shape index (κ3) is 3.70. The second kappa shape index (κ2) is 8.00. The number of carbonyl (C=O) groups is 1. The minimum Gasteiger partial charge on any atom is -0.497 e. The molecule has 6 heteroatoms. The fraction of sp³-hybridized carbons (Fsp3) is 0.500. The Bertz CT molecular complexity index is 884. The molecular weight excluding hydrogens is 378 g/mol. The van der Waals surface area contributed by atoms with Crippen LogP contribution in [-0.4, -0.2) is 66.2 Å². The Hall–Kier alpha value is -2.44. The van der Waals surface area contributed by atoms with E-state index in [9.17, 15) is 4.79 Å². The van der Waals surface area contributed by atoms with Gasteiger partial charge in [-0.15, -0.1) is 0 Å². The summed E-state index contributed by atoms with van der Waals surface area (Å²) >= 11 is 0. The lowest BCUT2D eigenvalue weighted by molar-refractivity contribution is -0.172. The van der Waals surface area contributed by atoms with Gasteiger partial charge in [-0.25, -0.2) is 0 Å². The maximum absolute atomic E-state index is 13.7. The molecule has 3 aliphatic rings. The number of methoxy groups -OCH3 is 1. The van der Waals surface area contributed by atoms with Gasteiger partial charge < -0.3 is 14.4 Å². The summed E-state index contributed by atoms with van der Waals surface area (Å²) in [5.74, 6) is 1.68. The molecule has 3 fully saturated rings. The molecule has 1 amide bonds. The van der Waals surface area contributed by atoms with Crippen LogP contribution in [0.5, 0.6) is 5.75 Å². The quantitative estimate of drug-likeness (QED) is 0.737. The fourth-order valence-electron chi connectivity index (χ4n) is 4.90. The van der Waals surface area contributed by atoms with Gasteiger partial charge in [0.05, 0.1) is 13.7 Å². The average Bonchev–Trinajstić information content (AvgIpc) is 3.53. The van der Waals surface area contributed by atoms with E-state index in [-0.39, 0.29) is 11.8 Å². The van der Waals surface area contributed by atoms with Gasteiger partial charge in [0.1, 0.15) is 5.75 Å². The lowest BCUT2D eigenvalue weighted by Crippen LogP contribution is -2.60. The van der Waals surface area contributed by atoms with Crippen LogP contribution in [0.15, 0.2) is 48.8 Å². The highest BCUT2D eigenvalue weighted by molar-refractivity contribution is 5.88. The summed E-state index contributed by atoms with van der Waals surface area (Å²) in [7, 11) is 1.68. The highest BCUT2D eigenvalue weighted by Crippen LogP contribution is 2.43. The minimum atomic E-state index is -0.817. The molecule has 30 heavy (non-hydrogen) atoms. The number of rotatable bonds is 6. The maximum Gasteiger partial charge on any atom is 0.256 e. The number of carbonyl (C=O) groups excluding carboxylic acids is 1. The molecule has 0 radical (unpaired) electrons. The first-order valence-corrected chi connectivity index (χ1v) is 10.9. The van der Waals surface area contributed by atoms with Crippen molar-refractivity contribution in [2.45, 2.75) is 30.9 Å². The van der Waals surface area contributed by atoms with E-state index in [1.165, 1.54) is 18.4 Å². The van der Waals surface area contributed by atoms with Crippen molar-refractivity contribution in [2.24, 2.45) is 5.92 Å². The molecule has 0 bridgehead atoms. The van der Waals surface area contributed by atoms with Crippen molar-refractivity contribution in [3.63, 3.8) is 0 Å². The van der Waals surface area contributed by atoms with Crippen molar-refractivity contribution in [1.82, 2.24) is 14.8 Å². The number of nitrogens with zero attached hydrogens (tertiary/aromatic N) is 3. The van der Waals surface area contributed by atoms with Crippen LogP contribution in [0.3, 0.4) is 0 Å².